The Morgan fingerprint density at radius 3 is 2.56 bits per heavy atom. The lowest BCUT2D eigenvalue weighted by atomic mass is 10.1. The van der Waals surface area contributed by atoms with Gasteiger partial charge < -0.3 is 25.7 Å². The molecule has 4 N–H and O–H groups in total. The quantitative estimate of drug-likeness (QED) is 0.399. The molecular formula is C23H27N7O4. The van der Waals surface area contributed by atoms with Gasteiger partial charge in [-0.15, -0.1) is 0 Å². The number of carbonyl (C=O) groups excluding carboxylic acids is 2. The van der Waals surface area contributed by atoms with Crippen molar-refractivity contribution < 1.29 is 19.8 Å². The first-order valence-corrected chi connectivity index (χ1v) is 10.9. The van der Waals surface area contributed by atoms with E-state index in [1.165, 1.54) is 4.90 Å². The molecule has 3 aromatic rings. The van der Waals surface area contributed by atoms with Gasteiger partial charge in [0.15, 0.2) is 12.2 Å². The summed E-state index contributed by atoms with van der Waals surface area (Å²) in [6.45, 7) is 3.68. The van der Waals surface area contributed by atoms with Crippen molar-refractivity contribution in [2.75, 3.05) is 12.4 Å². The number of carbonyl (C=O) groups is 2. The Kier molecular flexibility index (Phi) is 6.57. The van der Waals surface area contributed by atoms with Crippen molar-refractivity contribution in [1.29, 1.82) is 0 Å². The average Bonchev–Trinajstić information content (AvgIpc) is 3.51. The molecule has 2 amide bonds. The van der Waals surface area contributed by atoms with E-state index in [4.69, 9.17) is 0 Å². The van der Waals surface area contributed by atoms with Crippen molar-refractivity contribution in [3.05, 3.63) is 65.7 Å². The molecule has 0 saturated heterocycles. The lowest BCUT2D eigenvalue weighted by molar-refractivity contribution is -0.155. The van der Waals surface area contributed by atoms with E-state index in [9.17, 15) is 19.8 Å². The molecule has 0 radical (unpaired) electrons. The summed E-state index contributed by atoms with van der Waals surface area (Å²) in [6, 6.07) is 8.34. The summed E-state index contributed by atoms with van der Waals surface area (Å²) in [5.74, 6) is -1.17. The van der Waals surface area contributed by atoms with Crippen LogP contribution in [-0.4, -0.2) is 65.9 Å². The molecule has 0 bridgehead atoms. The molecule has 11 heteroatoms. The third-order valence-corrected chi connectivity index (χ3v) is 5.99. The fraction of sp³-hybridized carbons (Fsp3) is 0.348. The fourth-order valence-corrected chi connectivity index (χ4v) is 3.93. The number of aliphatic hydroxyl groups is 2. The highest BCUT2D eigenvalue weighted by Gasteiger charge is 2.39. The Morgan fingerprint density at radius 2 is 1.91 bits per heavy atom. The van der Waals surface area contributed by atoms with Crippen LogP contribution < -0.4 is 10.6 Å². The molecule has 0 spiro atoms. The molecule has 178 valence electrons. The molecule has 0 aliphatic carbocycles. The summed E-state index contributed by atoms with van der Waals surface area (Å²) < 4.78 is 1.71. The predicted molar refractivity (Wildman–Crippen MR) is 123 cm³/mol. The molecule has 2 aromatic heterocycles. The number of anilines is 1. The maximum atomic E-state index is 12.9. The van der Waals surface area contributed by atoms with Crippen LogP contribution in [0.4, 0.5) is 5.95 Å². The number of hydrogen-bond donors (Lipinski definition) is 4. The van der Waals surface area contributed by atoms with Gasteiger partial charge in [0, 0.05) is 31.2 Å². The second-order valence-corrected chi connectivity index (χ2v) is 8.15. The number of fused-ring (bicyclic) bond motifs is 1. The number of amides is 2. The number of aromatic nitrogens is 4. The summed E-state index contributed by atoms with van der Waals surface area (Å²) in [5.41, 5.74) is 3.06. The average molecular weight is 466 g/mol. The van der Waals surface area contributed by atoms with Crippen LogP contribution in [0.3, 0.4) is 0 Å². The number of benzene rings is 1. The predicted octanol–water partition coefficient (Wildman–Crippen LogP) is 0.706. The van der Waals surface area contributed by atoms with Crippen molar-refractivity contribution in [1.82, 2.24) is 30.0 Å². The van der Waals surface area contributed by atoms with Gasteiger partial charge in [-0.3, -0.25) is 9.59 Å². The third kappa shape index (κ3) is 4.47. The summed E-state index contributed by atoms with van der Waals surface area (Å²) in [5, 5.41) is 30.5. The Bertz CT molecular complexity index is 1170. The summed E-state index contributed by atoms with van der Waals surface area (Å²) in [6.07, 6.45) is 1.29. The third-order valence-electron chi connectivity index (χ3n) is 5.99. The van der Waals surface area contributed by atoms with Crippen molar-refractivity contribution in [2.45, 2.75) is 44.7 Å². The topological polar surface area (TPSA) is 146 Å². The van der Waals surface area contributed by atoms with Gasteiger partial charge in [0.1, 0.15) is 0 Å². The van der Waals surface area contributed by atoms with Crippen LogP contribution in [0.15, 0.2) is 48.9 Å². The van der Waals surface area contributed by atoms with E-state index in [2.05, 4.69) is 25.7 Å². The molecule has 1 unspecified atom stereocenters. The van der Waals surface area contributed by atoms with E-state index in [0.29, 0.717) is 11.6 Å². The zero-order valence-corrected chi connectivity index (χ0v) is 19.1. The minimum absolute atomic E-state index is 0.150. The molecule has 3 heterocycles. The number of hydrogen-bond acceptors (Lipinski definition) is 8. The Morgan fingerprint density at radius 1 is 1.18 bits per heavy atom. The normalized spacial score (nSPS) is 17.6. The first kappa shape index (κ1) is 23.3. The van der Waals surface area contributed by atoms with E-state index in [0.717, 1.165) is 16.8 Å². The van der Waals surface area contributed by atoms with Crippen LogP contribution in [0.1, 0.15) is 42.8 Å². The monoisotopic (exact) mass is 465 g/mol. The Hall–Kier alpha value is -3.83. The smallest absolute Gasteiger partial charge is 0.255 e. The zero-order valence-electron chi connectivity index (χ0n) is 19.1. The highest BCUT2D eigenvalue weighted by atomic mass is 16.3. The second-order valence-electron chi connectivity index (χ2n) is 8.15. The van der Waals surface area contributed by atoms with Crippen molar-refractivity contribution >= 4 is 17.8 Å². The van der Waals surface area contributed by atoms with Gasteiger partial charge in [0.2, 0.25) is 5.95 Å². The molecule has 4 atom stereocenters. The van der Waals surface area contributed by atoms with Crippen LogP contribution in [-0.2, 0) is 16.1 Å². The maximum Gasteiger partial charge on any atom is 0.255 e. The van der Waals surface area contributed by atoms with E-state index >= 15 is 0 Å². The minimum Gasteiger partial charge on any atom is -0.380 e. The molecular weight excluding hydrogens is 438 g/mol. The highest BCUT2D eigenvalue weighted by Crippen LogP contribution is 2.32. The fourth-order valence-electron chi connectivity index (χ4n) is 3.93. The van der Waals surface area contributed by atoms with Crippen LogP contribution in [0.5, 0.6) is 0 Å². The molecule has 11 nitrogen and oxygen atoms in total. The molecule has 1 aliphatic heterocycles. The SMILES string of the molecule is CNc1ncc2c(n1)CN(C(=O)[C@H](O)[C@@H](O)C(=O)N[C@H](C)c1ccc(-n3cccn3)cc1)C2C. The lowest BCUT2D eigenvalue weighted by Crippen LogP contribution is -2.50. The largest absolute Gasteiger partial charge is 0.380 e. The number of aliphatic hydroxyl groups excluding tert-OH is 2. The number of nitrogens with one attached hydrogen (secondary N) is 2. The van der Waals surface area contributed by atoms with E-state index < -0.39 is 36.1 Å². The summed E-state index contributed by atoms with van der Waals surface area (Å²) in [4.78, 5) is 35.4. The van der Waals surface area contributed by atoms with E-state index in [1.54, 1.807) is 38.0 Å². The Balaban J connectivity index is 1.37. The van der Waals surface area contributed by atoms with Crippen molar-refractivity contribution in [3.63, 3.8) is 0 Å². The number of rotatable bonds is 7. The van der Waals surface area contributed by atoms with Crippen LogP contribution in [0, 0.1) is 0 Å². The van der Waals surface area contributed by atoms with Gasteiger partial charge in [-0.25, -0.2) is 14.6 Å². The minimum atomic E-state index is -1.92. The molecule has 34 heavy (non-hydrogen) atoms. The standard InChI is InChI=1S/C23H27N7O4/c1-13(15-5-7-16(8-6-15)30-10-4-9-26-30)27-21(33)19(31)20(32)22(34)29-12-18-17(14(29)2)11-25-23(24-3)28-18/h4-11,13-14,19-20,31-32H,12H2,1-3H3,(H,27,33)(H,24,25,28)/t13-,14?,19-,20-/m1/s1. The van der Waals surface area contributed by atoms with Crippen LogP contribution >= 0.6 is 0 Å². The van der Waals surface area contributed by atoms with Gasteiger partial charge in [-0.05, 0) is 37.6 Å². The molecule has 0 saturated carbocycles. The second kappa shape index (κ2) is 9.57. The van der Waals surface area contributed by atoms with E-state index in [-0.39, 0.29) is 6.54 Å². The van der Waals surface area contributed by atoms with Gasteiger partial charge >= 0.3 is 0 Å². The lowest BCUT2D eigenvalue weighted by Gasteiger charge is -2.27. The maximum absolute atomic E-state index is 12.9. The van der Waals surface area contributed by atoms with Crippen LogP contribution in [0.2, 0.25) is 0 Å². The Labute approximate surface area is 196 Å². The molecule has 0 fully saturated rings. The highest BCUT2D eigenvalue weighted by molar-refractivity contribution is 5.91. The van der Waals surface area contributed by atoms with Crippen molar-refractivity contribution in [3.8, 4) is 5.69 Å². The molecule has 4 rings (SSSR count). The van der Waals surface area contributed by atoms with Gasteiger partial charge in [-0.2, -0.15) is 5.10 Å². The molecule has 1 aliphatic rings. The van der Waals surface area contributed by atoms with Crippen molar-refractivity contribution in [2.24, 2.45) is 0 Å². The molecule has 1 aromatic carbocycles. The number of nitrogens with zero attached hydrogens (tertiary/aromatic N) is 5. The van der Waals surface area contributed by atoms with Gasteiger partial charge in [-0.1, -0.05) is 12.1 Å². The first-order valence-electron chi connectivity index (χ1n) is 10.9. The first-order chi connectivity index (χ1) is 16.3. The zero-order chi connectivity index (χ0) is 24.4. The summed E-state index contributed by atoms with van der Waals surface area (Å²) >= 11 is 0. The summed E-state index contributed by atoms with van der Waals surface area (Å²) in [7, 11) is 1.69. The van der Waals surface area contributed by atoms with Crippen LogP contribution in [0.25, 0.3) is 5.69 Å². The van der Waals surface area contributed by atoms with E-state index in [1.807, 2.05) is 36.5 Å². The van der Waals surface area contributed by atoms with Gasteiger partial charge in [0.05, 0.1) is 30.0 Å². The van der Waals surface area contributed by atoms with Gasteiger partial charge in [0.25, 0.3) is 11.8 Å².